The normalized spacial score (nSPS) is 11.3. The number of hydrogen-bond acceptors (Lipinski definition) is 8. The Labute approximate surface area is 267 Å². The van der Waals surface area contributed by atoms with Crippen molar-refractivity contribution in [3.63, 3.8) is 0 Å². The van der Waals surface area contributed by atoms with Gasteiger partial charge in [0, 0.05) is 47.3 Å². The number of aromatic nitrogens is 8. The maximum absolute atomic E-state index is 8.74. The average Bonchev–Trinajstić information content (AvgIpc) is 3.79. The zero-order chi connectivity index (χ0) is 32.4. The topological polar surface area (TPSA) is 206 Å². The summed E-state index contributed by atoms with van der Waals surface area (Å²) in [6, 6.07) is 13.0. The Hall–Kier alpha value is -4.45. The molecule has 4 aromatic heterocycles. The van der Waals surface area contributed by atoms with Crippen LogP contribution in [0.3, 0.4) is 0 Å². The van der Waals surface area contributed by atoms with E-state index < -0.39 is 10.4 Å². The summed E-state index contributed by atoms with van der Waals surface area (Å²) in [4.78, 5) is 19.1. The molecular weight excluding hydrogens is 612 g/mol. The van der Waals surface area contributed by atoms with E-state index in [9.17, 15) is 0 Å². The van der Waals surface area contributed by atoms with E-state index in [-0.39, 0.29) is 5.48 Å². The van der Waals surface area contributed by atoms with E-state index in [1.54, 1.807) is 25.3 Å². The highest BCUT2D eigenvalue weighted by Crippen LogP contribution is 2.22. The van der Waals surface area contributed by atoms with E-state index in [0.717, 1.165) is 39.0 Å². The SMILES string of the molecule is CN(C)CCc1c[nH]c2ccc(Cn3cncn3)cc12.CN(C)CCc1c[nH]c2ccc(Cn3cncn3)cc12.O.O=S(=O)(O)O. The maximum Gasteiger partial charge on any atom is 0.394 e. The highest BCUT2D eigenvalue weighted by atomic mass is 32.3. The zero-order valence-corrected chi connectivity index (χ0v) is 27.2. The maximum atomic E-state index is 8.74. The summed E-state index contributed by atoms with van der Waals surface area (Å²) in [5.74, 6) is 0. The van der Waals surface area contributed by atoms with Crippen molar-refractivity contribution in [1.82, 2.24) is 49.3 Å². The molecule has 16 heteroatoms. The van der Waals surface area contributed by atoms with Gasteiger partial charge in [-0.2, -0.15) is 18.6 Å². The van der Waals surface area contributed by atoms with Crippen molar-refractivity contribution in [3.8, 4) is 0 Å². The van der Waals surface area contributed by atoms with Crippen LogP contribution in [0, 0.1) is 0 Å². The first-order valence-corrected chi connectivity index (χ1v) is 15.7. The molecular formula is C30H42N10O5S. The van der Waals surface area contributed by atoms with Gasteiger partial charge in [-0.3, -0.25) is 9.11 Å². The molecule has 0 radical (unpaired) electrons. The number of hydrogen-bond donors (Lipinski definition) is 4. The standard InChI is InChI=1S/2C15H19N5.H2O4S.H2O/c2*1-19(2)6-5-13-8-17-15-4-3-12(7-14(13)15)9-20-11-16-10-18-20;1-5(2,3)4;/h2*3-4,7-8,10-11,17H,5-6,9H2,1-2H3;(H2,1,2,3,4);1H2. The number of H-pyrrole nitrogens is 2. The van der Waals surface area contributed by atoms with Gasteiger partial charge in [0.05, 0.1) is 13.1 Å². The Bertz CT molecular complexity index is 1730. The third-order valence-electron chi connectivity index (χ3n) is 6.94. The number of fused-ring (bicyclic) bond motifs is 2. The second-order valence-electron chi connectivity index (χ2n) is 11.1. The predicted molar refractivity (Wildman–Crippen MR) is 177 cm³/mol. The number of aromatic amines is 2. The Morgan fingerprint density at radius 2 is 1.11 bits per heavy atom. The second kappa shape index (κ2) is 16.7. The van der Waals surface area contributed by atoms with Crippen molar-refractivity contribution < 1.29 is 23.0 Å². The Morgan fingerprint density at radius 3 is 1.43 bits per heavy atom. The van der Waals surface area contributed by atoms with Crippen LogP contribution in [0.25, 0.3) is 21.8 Å². The van der Waals surface area contributed by atoms with Gasteiger partial charge in [0.15, 0.2) is 0 Å². The minimum atomic E-state index is -4.67. The molecule has 0 saturated heterocycles. The number of nitrogens with zero attached hydrogens (tertiary/aromatic N) is 8. The van der Waals surface area contributed by atoms with Crippen LogP contribution in [0.15, 0.2) is 74.1 Å². The minimum Gasteiger partial charge on any atom is -0.412 e. The summed E-state index contributed by atoms with van der Waals surface area (Å²) >= 11 is 0. The van der Waals surface area contributed by atoms with Gasteiger partial charge < -0.3 is 25.2 Å². The van der Waals surface area contributed by atoms with Crippen molar-refractivity contribution in [1.29, 1.82) is 0 Å². The molecule has 6 N–H and O–H groups in total. The lowest BCUT2D eigenvalue weighted by atomic mass is 10.1. The van der Waals surface area contributed by atoms with Crippen molar-refractivity contribution >= 4 is 32.2 Å². The van der Waals surface area contributed by atoms with Crippen LogP contribution in [0.4, 0.5) is 0 Å². The van der Waals surface area contributed by atoms with E-state index >= 15 is 0 Å². The van der Waals surface area contributed by atoms with Crippen molar-refractivity contribution in [3.05, 3.63) is 96.4 Å². The van der Waals surface area contributed by atoms with Gasteiger partial charge in [0.1, 0.15) is 25.3 Å². The largest absolute Gasteiger partial charge is 0.412 e. The van der Waals surface area contributed by atoms with Gasteiger partial charge in [-0.15, -0.1) is 0 Å². The van der Waals surface area contributed by atoms with Crippen molar-refractivity contribution in [2.75, 3.05) is 41.3 Å². The molecule has 4 heterocycles. The highest BCUT2D eigenvalue weighted by molar-refractivity contribution is 7.79. The molecule has 0 aliphatic heterocycles. The Morgan fingerprint density at radius 1 is 0.717 bits per heavy atom. The molecule has 15 nitrogen and oxygen atoms in total. The smallest absolute Gasteiger partial charge is 0.394 e. The fourth-order valence-electron chi connectivity index (χ4n) is 4.75. The molecule has 0 unspecified atom stereocenters. The molecule has 0 aliphatic rings. The lowest BCUT2D eigenvalue weighted by Gasteiger charge is -2.08. The van der Waals surface area contributed by atoms with Crippen molar-refractivity contribution in [2.24, 2.45) is 0 Å². The lowest BCUT2D eigenvalue weighted by Crippen LogP contribution is -2.14. The summed E-state index contributed by atoms with van der Waals surface area (Å²) in [5, 5.41) is 10.9. The average molecular weight is 655 g/mol. The number of benzene rings is 2. The molecule has 2 aromatic carbocycles. The highest BCUT2D eigenvalue weighted by Gasteiger charge is 2.07. The van der Waals surface area contributed by atoms with Crippen molar-refractivity contribution in [2.45, 2.75) is 25.9 Å². The van der Waals surface area contributed by atoms with Crippen LogP contribution < -0.4 is 0 Å². The van der Waals surface area contributed by atoms with Gasteiger partial charge in [-0.1, -0.05) is 12.1 Å². The van der Waals surface area contributed by atoms with Gasteiger partial charge in [-0.25, -0.2) is 19.3 Å². The Balaban J connectivity index is 0.000000215. The van der Waals surface area contributed by atoms with E-state index in [2.05, 4.69) is 117 Å². The molecule has 0 fully saturated rings. The van der Waals surface area contributed by atoms with Crippen LogP contribution in [0.1, 0.15) is 22.3 Å². The Kier molecular flexibility index (Phi) is 13.1. The predicted octanol–water partition coefficient (Wildman–Crippen LogP) is 2.35. The van der Waals surface area contributed by atoms with E-state index in [4.69, 9.17) is 17.5 Å². The van der Waals surface area contributed by atoms with Crippen LogP contribution in [-0.2, 0) is 36.3 Å². The van der Waals surface area contributed by atoms with Crippen LogP contribution in [0.5, 0.6) is 0 Å². The first kappa shape index (κ1) is 36.0. The summed E-state index contributed by atoms with van der Waals surface area (Å²) in [7, 11) is 3.74. The molecule has 0 atom stereocenters. The van der Waals surface area contributed by atoms with Crippen LogP contribution >= 0.6 is 0 Å². The fourth-order valence-corrected chi connectivity index (χ4v) is 4.75. The third-order valence-corrected chi connectivity index (χ3v) is 6.94. The zero-order valence-electron chi connectivity index (χ0n) is 26.4. The number of likely N-dealkylation sites (N-methyl/N-ethyl adjacent to an activating group) is 2. The van der Waals surface area contributed by atoms with Gasteiger partial charge in [-0.05, 0) is 87.6 Å². The minimum absolute atomic E-state index is 0. The summed E-state index contributed by atoms with van der Waals surface area (Å²) < 4.78 is 35.3. The van der Waals surface area contributed by atoms with Crippen LogP contribution in [0.2, 0.25) is 0 Å². The summed E-state index contributed by atoms with van der Waals surface area (Å²) in [6.07, 6.45) is 13.0. The third kappa shape index (κ3) is 11.5. The molecule has 46 heavy (non-hydrogen) atoms. The second-order valence-corrected chi connectivity index (χ2v) is 12.0. The van der Waals surface area contributed by atoms with Gasteiger partial charge >= 0.3 is 10.4 Å². The molecule has 6 rings (SSSR count). The number of nitrogens with one attached hydrogen (secondary N) is 2. The summed E-state index contributed by atoms with van der Waals surface area (Å²) in [5.41, 5.74) is 7.62. The van der Waals surface area contributed by atoms with E-state index in [1.165, 1.54) is 44.1 Å². The van der Waals surface area contributed by atoms with Gasteiger partial charge in [0.2, 0.25) is 0 Å². The monoisotopic (exact) mass is 654 g/mol. The molecule has 0 saturated carbocycles. The molecule has 248 valence electrons. The molecule has 0 spiro atoms. The molecule has 0 amide bonds. The van der Waals surface area contributed by atoms with Gasteiger partial charge in [0.25, 0.3) is 0 Å². The fraction of sp³-hybridized carbons (Fsp3) is 0.333. The van der Waals surface area contributed by atoms with E-state index in [1.807, 2.05) is 9.36 Å². The number of rotatable bonds is 10. The lowest BCUT2D eigenvalue weighted by molar-refractivity contribution is 0.381. The first-order chi connectivity index (χ1) is 21.4. The van der Waals surface area contributed by atoms with Crippen LogP contribution in [-0.4, -0.2) is 114 Å². The van der Waals surface area contributed by atoms with E-state index in [0.29, 0.717) is 0 Å². The quantitative estimate of drug-likeness (QED) is 0.159. The first-order valence-electron chi connectivity index (χ1n) is 14.3. The molecule has 0 aliphatic carbocycles. The summed E-state index contributed by atoms with van der Waals surface area (Å²) in [6.45, 7) is 3.63. The molecule has 6 aromatic rings. The molecule has 0 bridgehead atoms.